The molecule has 6 aromatic rings. The van der Waals surface area contributed by atoms with Gasteiger partial charge in [0.05, 0.1) is 50.7 Å². The van der Waals surface area contributed by atoms with Crippen molar-refractivity contribution in [1.29, 1.82) is 0 Å². The Bertz CT molecular complexity index is 2550. The van der Waals surface area contributed by atoms with Gasteiger partial charge in [0.25, 0.3) is 0 Å². The van der Waals surface area contributed by atoms with E-state index in [0.29, 0.717) is 12.4 Å². The summed E-state index contributed by atoms with van der Waals surface area (Å²) >= 11 is 16.8. The van der Waals surface area contributed by atoms with E-state index >= 15 is 0 Å². The summed E-state index contributed by atoms with van der Waals surface area (Å²) < 4.78 is 346. The van der Waals surface area contributed by atoms with E-state index in [2.05, 4.69) is 4.98 Å². The van der Waals surface area contributed by atoms with Crippen LogP contribution >= 0.6 is 34.8 Å². The van der Waals surface area contributed by atoms with Gasteiger partial charge in [0.15, 0.2) is 12.7 Å². The molecule has 3 nitrogen and oxygen atoms in total. The van der Waals surface area contributed by atoms with E-state index in [1.807, 2.05) is 34.9 Å². The molecule has 75 heavy (non-hydrogen) atoms. The molecule has 0 atom stereocenters. The predicted molar refractivity (Wildman–Crippen MR) is 221 cm³/mol. The molecule has 0 fully saturated rings. The van der Waals surface area contributed by atoms with Crippen LogP contribution in [-0.2, 0) is 56.0 Å². The molecule has 0 N–H and O–H groups in total. The molecule has 406 valence electrons. The average molecular weight is 1170 g/mol. The van der Waals surface area contributed by atoms with Crippen molar-refractivity contribution in [3.63, 3.8) is 0 Å². The Balaban J connectivity index is 0.000000483. The van der Waals surface area contributed by atoms with Gasteiger partial charge in [-0.05, 0) is 59.1 Å². The summed E-state index contributed by atoms with van der Waals surface area (Å²) in [5.41, 5.74) is -29.1. The second kappa shape index (κ2) is 20.6. The first-order valence-electron chi connectivity index (χ1n) is 19.8. The maximum atomic E-state index is 14.2. The highest BCUT2D eigenvalue weighted by Gasteiger charge is 2.47. The molecule has 0 saturated carbocycles. The van der Waals surface area contributed by atoms with Crippen LogP contribution in [-0.4, -0.2) is 15.1 Å². The SMILES string of the molecule is ClC(Cl)(Cl)Oc1cncc[n+]1Cc1ccccc1.FC(F)(F)c1cc([B-](c2cc(C(F)(F)F)cc(C(F)(F)F)c2)(c2cc(C(F)(F)F)cc(C(F)(F)F)c2)c2cc(C(F)(F)F)cc(C(F)(F)F)c2)cc(C(F)(F)F)c1. The zero-order valence-corrected chi connectivity index (χ0v) is 38.1. The van der Waals surface area contributed by atoms with Crippen molar-refractivity contribution in [3.05, 3.63) is 172 Å². The van der Waals surface area contributed by atoms with Crippen LogP contribution in [0.15, 0.2) is 122 Å². The van der Waals surface area contributed by atoms with Crippen molar-refractivity contribution in [2.24, 2.45) is 0 Å². The molecule has 31 heteroatoms. The van der Waals surface area contributed by atoms with Crippen LogP contribution in [0.25, 0.3) is 0 Å². The summed E-state index contributed by atoms with van der Waals surface area (Å²) in [5, 5.41) is 0. The molecule has 5 aromatic carbocycles. The van der Waals surface area contributed by atoms with Crippen LogP contribution in [0.5, 0.6) is 5.88 Å². The largest absolute Gasteiger partial charge is 0.416 e. The number of hydrogen-bond acceptors (Lipinski definition) is 2. The number of benzene rings is 5. The smallest absolute Gasteiger partial charge is 0.391 e. The predicted octanol–water partition coefficient (Wildman–Crippen LogP) is 14.3. The number of ether oxygens (including phenoxy) is 1. The topological polar surface area (TPSA) is 26.0 Å². The fourth-order valence-corrected chi connectivity index (χ4v) is 7.80. The van der Waals surface area contributed by atoms with Gasteiger partial charge >= 0.3 is 59.3 Å². The van der Waals surface area contributed by atoms with Crippen LogP contribution in [0.3, 0.4) is 0 Å². The number of hydrogen-bond donors (Lipinski definition) is 0. The van der Waals surface area contributed by atoms with Gasteiger partial charge in [-0.1, -0.05) is 78.9 Å². The molecular weight excluding hydrogens is 1150 g/mol. The fourth-order valence-electron chi connectivity index (χ4n) is 7.56. The summed E-state index contributed by atoms with van der Waals surface area (Å²) in [6.45, 7) is 0.611. The van der Waals surface area contributed by atoms with E-state index in [1.165, 1.54) is 6.20 Å². The van der Waals surface area contributed by atoms with Gasteiger partial charge in [0, 0.05) is 5.56 Å². The lowest BCUT2D eigenvalue weighted by molar-refractivity contribution is -0.694. The summed E-state index contributed by atoms with van der Waals surface area (Å²) in [6.07, 6.45) is -49.9. The molecule has 0 bridgehead atoms. The van der Waals surface area contributed by atoms with Gasteiger partial charge in [0.2, 0.25) is 0 Å². The highest BCUT2D eigenvalue weighted by Crippen LogP contribution is 2.41. The molecule has 0 aliphatic carbocycles. The lowest BCUT2D eigenvalue weighted by Gasteiger charge is -2.46. The standard InChI is InChI=1S/C32H12BF24.C12H10Cl3N2O/c34-25(35,36)13-1-14(26(37,38)39)6-21(5-13)33(22-7-15(27(40,41)42)2-16(8-22)28(43,44)45,23-9-17(29(46,47)48)3-18(10-23)30(49,50)51)24-11-19(31(52,53)54)4-20(12-24)32(55,56)57;13-12(14,15)18-11-8-16-6-7-17(11)9-10-4-2-1-3-5-10/h1-12H;1-8H,9H2/q-1;+1. The first-order chi connectivity index (χ1) is 33.8. The van der Waals surface area contributed by atoms with Crippen LogP contribution in [0.1, 0.15) is 50.1 Å². The third kappa shape index (κ3) is 14.8. The molecule has 0 unspecified atom stereocenters. The lowest BCUT2D eigenvalue weighted by Crippen LogP contribution is -2.75. The third-order valence-corrected chi connectivity index (χ3v) is 10.9. The van der Waals surface area contributed by atoms with E-state index in [0.717, 1.165) is 5.56 Å². The number of rotatable bonds is 7. The van der Waals surface area contributed by atoms with Crippen molar-refractivity contribution in [2.75, 3.05) is 0 Å². The van der Waals surface area contributed by atoms with Crippen molar-refractivity contribution >= 4 is 62.8 Å². The first-order valence-corrected chi connectivity index (χ1v) is 20.9. The van der Waals surface area contributed by atoms with Gasteiger partial charge in [-0.25, -0.2) is 4.98 Å². The number of alkyl halides is 27. The van der Waals surface area contributed by atoms with Crippen LogP contribution < -0.4 is 31.2 Å². The summed E-state index contributed by atoms with van der Waals surface area (Å²) in [7, 11) is 0. The molecule has 6 rings (SSSR count). The molecule has 0 aliphatic heterocycles. The van der Waals surface area contributed by atoms with Crippen LogP contribution in [0.4, 0.5) is 105 Å². The van der Waals surface area contributed by atoms with Gasteiger partial charge in [0.1, 0.15) is 12.3 Å². The van der Waals surface area contributed by atoms with E-state index in [9.17, 15) is 105 Å². The highest BCUT2D eigenvalue weighted by atomic mass is 35.6. The van der Waals surface area contributed by atoms with Gasteiger partial charge in [-0.15, -0.1) is 0 Å². The maximum absolute atomic E-state index is 14.2. The van der Waals surface area contributed by atoms with Gasteiger partial charge < -0.3 is 4.74 Å². The Morgan fingerprint density at radius 3 is 0.867 bits per heavy atom. The highest BCUT2D eigenvalue weighted by molar-refractivity contribution is 7.20. The third-order valence-electron chi connectivity index (χ3n) is 10.7. The molecule has 0 aliphatic rings. The van der Waals surface area contributed by atoms with E-state index in [-0.39, 0.29) is 0 Å². The van der Waals surface area contributed by atoms with Crippen LogP contribution in [0.2, 0.25) is 0 Å². The minimum atomic E-state index is -6.13. The zero-order valence-electron chi connectivity index (χ0n) is 35.8. The quantitative estimate of drug-likeness (QED) is 0.0689. The summed E-state index contributed by atoms with van der Waals surface area (Å²) in [5.74, 6) is 0.390. The average Bonchev–Trinajstić information content (AvgIpc) is 3.25. The Morgan fingerprint density at radius 1 is 0.387 bits per heavy atom. The molecule has 0 amide bonds. The van der Waals surface area contributed by atoms with E-state index < -0.39 is 199 Å². The number of nitrogens with zero attached hydrogens (tertiary/aromatic N) is 2. The van der Waals surface area contributed by atoms with E-state index in [1.54, 1.807) is 12.4 Å². The second-order valence-electron chi connectivity index (χ2n) is 15.8. The molecule has 1 aromatic heterocycles. The molecule has 1 heterocycles. The Hall–Kier alpha value is -5.77. The number of aromatic nitrogens is 2. The fraction of sp³-hybridized carbons (Fsp3) is 0.227. The number of halogens is 27. The lowest BCUT2D eigenvalue weighted by atomic mass is 9.12. The molecule has 0 radical (unpaired) electrons. The molecule has 0 saturated heterocycles. The molecule has 0 spiro atoms. The minimum absolute atomic E-state index is 0.390. The van der Waals surface area contributed by atoms with E-state index in [4.69, 9.17) is 39.5 Å². The Kier molecular flexibility index (Phi) is 16.5. The zero-order chi connectivity index (χ0) is 56.9. The maximum Gasteiger partial charge on any atom is 0.416 e. The second-order valence-corrected chi connectivity index (χ2v) is 18.0. The Morgan fingerprint density at radius 2 is 0.640 bits per heavy atom. The van der Waals surface area contributed by atoms with Crippen molar-refractivity contribution in [2.45, 2.75) is 59.9 Å². The Labute approximate surface area is 419 Å². The normalized spacial score (nSPS) is 13.6. The monoisotopic (exact) mass is 1170 g/mol. The molecular formula is C44H22BCl3F24N2O. The first kappa shape index (κ1) is 60.1. The van der Waals surface area contributed by atoms with Gasteiger partial charge in [-0.3, -0.25) is 0 Å². The van der Waals surface area contributed by atoms with Crippen LogP contribution in [0, 0.1) is 0 Å². The summed E-state index contributed by atoms with van der Waals surface area (Å²) in [4.78, 5) is 3.95. The van der Waals surface area contributed by atoms with Crippen molar-refractivity contribution in [3.8, 4) is 5.88 Å². The van der Waals surface area contributed by atoms with Crippen molar-refractivity contribution in [1.82, 2.24) is 4.98 Å². The summed E-state index contributed by atoms with van der Waals surface area (Å²) in [6, 6.07) is 1.09. The van der Waals surface area contributed by atoms with Crippen molar-refractivity contribution < 1.29 is 115 Å². The van der Waals surface area contributed by atoms with Gasteiger partial charge in [-0.2, -0.15) is 132 Å². The minimum Gasteiger partial charge on any atom is -0.391 e.